The van der Waals surface area contributed by atoms with Crippen molar-refractivity contribution in [2.24, 2.45) is 0 Å². The van der Waals surface area contributed by atoms with Gasteiger partial charge in [-0.25, -0.2) is 4.39 Å². The van der Waals surface area contributed by atoms with Gasteiger partial charge >= 0.3 is 0 Å². The van der Waals surface area contributed by atoms with Crippen molar-refractivity contribution in [1.82, 2.24) is 0 Å². The molecule has 0 spiro atoms. The van der Waals surface area contributed by atoms with Crippen molar-refractivity contribution in [2.75, 3.05) is 7.11 Å². The molecule has 2 nitrogen and oxygen atoms in total. The first kappa shape index (κ1) is 16.6. The Labute approximate surface area is 138 Å². The van der Waals surface area contributed by atoms with Crippen LogP contribution in [0.15, 0.2) is 40.9 Å². The van der Waals surface area contributed by atoms with Gasteiger partial charge < -0.3 is 9.84 Å². The predicted molar refractivity (Wildman–Crippen MR) is 90.9 cm³/mol. The first-order chi connectivity index (χ1) is 10.5. The number of methoxy groups -OCH3 is 1. The number of phenols is 1. The van der Waals surface area contributed by atoms with E-state index in [9.17, 15) is 9.50 Å². The van der Waals surface area contributed by atoms with Crippen LogP contribution in [0, 0.1) is 12.7 Å². The van der Waals surface area contributed by atoms with Crippen LogP contribution >= 0.6 is 15.9 Å². The number of hydrogen-bond donors (Lipinski definition) is 1. The van der Waals surface area contributed by atoms with Gasteiger partial charge in [0.15, 0.2) is 11.6 Å². The lowest BCUT2D eigenvalue weighted by molar-refractivity contribution is 0.382. The third kappa shape index (κ3) is 3.33. The molecule has 0 aromatic heterocycles. The van der Waals surface area contributed by atoms with E-state index < -0.39 is 5.82 Å². The van der Waals surface area contributed by atoms with Gasteiger partial charge in [-0.2, -0.15) is 0 Å². The second-order valence-electron chi connectivity index (χ2n) is 5.01. The van der Waals surface area contributed by atoms with Crippen molar-refractivity contribution >= 4 is 21.5 Å². The average Bonchev–Trinajstić information content (AvgIpc) is 2.46. The van der Waals surface area contributed by atoms with Crippen molar-refractivity contribution < 1.29 is 14.2 Å². The number of allylic oxidation sites excluding steroid dienone is 1. The third-order valence-corrected chi connectivity index (χ3v) is 4.04. The summed E-state index contributed by atoms with van der Waals surface area (Å²) in [4.78, 5) is 0. The number of phenolic OH excluding ortho intramolecular Hbond substituents is 1. The Kier molecular flexibility index (Phi) is 5.24. The molecule has 0 aliphatic carbocycles. The first-order valence-corrected chi connectivity index (χ1v) is 7.80. The van der Waals surface area contributed by atoms with Gasteiger partial charge in [0.25, 0.3) is 0 Å². The van der Waals surface area contributed by atoms with Crippen molar-refractivity contribution in [3.8, 4) is 11.5 Å². The molecule has 0 radical (unpaired) electrons. The Balaban J connectivity index is 2.66. The fraction of sp³-hybridized carbons (Fsp3) is 0.222. The lowest BCUT2D eigenvalue weighted by atomic mass is 9.95. The highest BCUT2D eigenvalue weighted by Gasteiger charge is 2.16. The van der Waals surface area contributed by atoms with Crippen LogP contribution in [0.5, 0.6) is 11.5 Å². The number of halogens is 2. The molecule has 0 saturated heterocycles. The van der Waals surface area contributed by atoms with E-state index in [4.69, 9.17) is 4.74 Å². The maximum atomic E-state index is 13.7. The zero-order valence-corrected chi connectivity index (χ0v) is 14.4. The predicted octanol–water partition coefficient (Wildman–Crippen LogP) is 5.45. The Morgan fingerprint density at radius 3 is 2.59 bits per heavy atom. The van der Waals surface area contributed by atoms with E-state index in [2.05, 4.69) is 15.9 Å². The summed E-state index contributed by atoms with van der Waals surface area (Å²) in [7, 11) is 1.41. The zero-order chi connectivity index (χ0) is 16.3. The van der Waals surface area contributed by atoms with Gasteiger partial charge in [-0.05, 0) is 42.2 Å². The molecule has 2 aromatic rings. The van der Waals surface area contributed by atoms with Gasteiger partial charge in [0.05, 0.1) is 7.11 Å². The number of rotatable bonds is 4. The highest BCUT2D eigenvalue weighted by atomic mass is 79.9. The molecular formula is C18H18BrFO2. The molecule has 0 saturated carbocycles. The third-order valence-electron chi connectivity index (χ3n) is 3.38. The fourth-order valence-electron chi connectivity index (χ4n) is 2.32. The van der Waals surface area contributed by atoms with E-state index in [0.717, 1.165) is 33.7 Å². The molecule has 4 heteroatoms. The molecule has 0 fully saturated rings. The molecule has 0 aliphatic heterocycles. The van der Waals surface area contributed by atoms with Gasteiger partial charge in [0, 0.05) is 16.1 Å². The molecule has 0 heterocycles. The molecular weight excluding hydrogens is 347 g/mol. The topological polar surface area (TPSA) is 29.5 Å². The summed E-state index contributed by atoms with van der Waals surface area (Å²) < 4.78 is 19.7. The first-order valence-electron chi connectivity index (χ1n) is 7.01. The van der Waals surface area contributed by atoms with E-state index >= 15 is 0 Å². The van der Waals surface area contributed by atoms with Crippen LogP contribution in [0.3, 0.4) is 0 Å². The summed E-state index contributed by atoms with van der Waals surface area (Å²) in [6, 6.07) is 8.60. The molecule has 0 bridgehead atoms. The summed E-state index contributed by atoms with van der Waals surface area (Å²) in [6.07, 6.45) is 2.79. The highest BCUT2D eigenvalue weighted by Crippen LogP contribution is 2.38. The zero-order valence-electron chi connectivity index (χ0n) is 12.8. The maximum absolute atomic E-state index is 13.7. The number of benzene rings is 2. The van der Waals surface area contributed by atoms with Gasteiger partial charge in [-0.15, -0.1) is 0 Å². The Hall–Kier alpha value is -1.81. The van der Waals surface area contributed by atoms with Gasteiger partial charge in [-0.3, -0.25) is 0 Å². The average molecular weight is 365 g/mol. The monoisotopic (exact) mass is 364 g/mol. The van der Waals surface area contributed by atoms with E-state index in [1.54, 1.807) is 0 Å². The van der Waals surface area contributed by atoms with Gasteiger partial charge in [-0.1, -0.05) is 41.1 Å². The second kappa shape index (κ2) is 6.97. The maximum Gasteiger partial charge on any atom is 0.168 e. The smallest absolute Gasteiger partial charge is 0.168 e. The van der Waals surface area contributed by atoms with Crippen molar-refractivity contribution in [2.45, 2.75) is 20.3 Å². The number of aryl methyl sites for hydroxylation is 1. The summed E-state index contributed by atoms with van der Waals surface area (Å²) in [5.41, 5.74) is 3.46. The Morgan fingerprint density at radius 1 is 1.27 bits per heavy atom. The quantitative estimate of drug-likeness (QED) is 0.781. The molecule has 2 aromatic carbocycles. The van der Waals surface area contributed by atoms with Crippen molar-refractivity contribution in [1.29, 1.82) is 0 Å². The molecule has 22 heavy (non-hydrogen) atoms. The van der Waals surface area contributed by atoms with E-state index in [1.807, 2.05) is 38.1 Å². The highest BCUT2D eigenvalue weighted by molar-refractivity contribution is 9.10. The Bertz CT molecular complexity index is 723. The summed E-state index contributed by atoms with van der Waals surface area (Å²) in [5, 5.41) is 10.2. The molecule has 0 amide bonds. The van der Waals surface area contributed by atoms with Crippen LogP contribution in [0.4, 0.5) is 4.39 Å². The molecule has 0 unspecified atom stereocenters. The van der Waals surface area contributed by atoms with Crippen LogP contribution in [0.2, 0.25) is 0 Å². The molecule has 116 valence electrons. The summed E-state index contributed by atoms with van der Waals surface area (Å²) >= 11 is 3.56. The van der Waals surface area contributed by atoms with E-state index in [1.165, 1.54) is 13.2 Å². The minimum absolute atomic E-state index is 0.106. The van der Waals surface area contributed by atoms with Crippen molar-refractivity contribution in [3.05, 3.63) is 63.4 Å². The number of aromatic hydroxyl groups is 1. The second-order valence-corrected chi connectivity index (χ2v) is 5.87. The van der Waals surface area contributed by atoms with E-state index in [-0.39, 0.29) is 11.5 Å². The Morgan fingerprint density at radius 2 is 2.00 bits per heavy atom. The molecule has 0 aliphatic rings. The van der Waals surface area contributed by atoms with Crippen LogP contribution in [-0.4, -0.2) is 12.2 Å². The lowest BCUT2D eigenvalue weighted by Crippen LogP contribution is -1.95. The SMILES string of the molecule is CC/C=C(/c1cc(OC)c(F)cc1O)c1ccc(C)cc1Br. The van der Waals surface area contributed by atoms with Gasteiger partial charge in [0.2, 0.25) is 0 Å². The number of hydrogen-bond acceptors (Lipinski definition) is 2. The molecule has 1 N–H and O–H groups in total. The van der Waals surface area contributed by atoms with Gasteiger partial charge in [0.1, 0.15) is 5.75 Å². The molecule has 2 rings (SSSR count). The van der Waals surface area contributed by atoms with Crippen LogP contribution in [0.25, 0.3) is 5.57 Å². The van der Waals surface area contributed by atoms with Crippen LogP contribution in [-0.2, 0) is 0 Å². The molecule has 0 atom stereocenters. The largest absolute Gasteiger partial charge is 0.507 e. The van der Waals surface area contributed by atoms with E-state index in [0.29, 0.717) is 5.56 Å². The lowest BCUT2D eigenvalue weighted by Gasteiger charge is -2.14. The summed E-state index contributed by atoms with van der Waals surface area (Å²) in [6.45, 7) is 4.02. The number of ether oxygens (including phenoxy) is 1. The van der Waals surface area contributed by atoms with Crippen molar-refractivity contribution in [3.63, 3.8) is 0 Å². The van der Waals surface area contributed by atoms with Crippen LogP contribution < -0.4 is 4.74 Å². The normalized spacial score (nSPS) is 11.6. The standard InChI is InChI=1S/C18H18BrFO2/c1-4-5-12(13-7-6-11(2)8-15(13)19)14-9-18(22-3)16(20)10-17(14)21/h5-10,21H,4H2,1-3H3/b12-5+. The minimum Gasteiger partial charge on any atom is -0.507 e. The summed E-state index contributed by atoms with van der Waals surface area (Å²) in [5.74, 6) is -0.578. The van der Waals surface area contributed by atoms with Crippen LogP contribution in [0.1, 0.15) is 30.0 Å². The minimum atomic E-state index is -0.581. The fourth-order valence-corrected chi connectivity index (χ4v) is 3.03.